The number of nitrogens with zero attached hydrogens (tertiary/aromatic N) is 4. The highest BCUT2D eigenvalue weighted by molar-refractivity contribution is 7.81. The van der Waals surface area contributed by atoms with Crippen LogP contribution in [-0.4, -0.2) is 34.4 Å². The van der Waals surface area contributed by atoms with E-state index < -0.39 is 46.1 Å². The molecule has 1 saturated heterocycles. The van der Waals surface area contributed by atoms with E-state index in [0.29, 0.717) is 38.3 Å². The van der Waals surface area contributed by atoms with Gasteiger partial charge < -0.3 is 10.2 Å². The number of nitriles is 1. The Morgan fingerprint density at radius 2 is 2.03 bits per heavy atom. The molecule has 2 aliphatic rings. The van der Waals surface area contributed by atoms with Crippen LogP contribution < -0.4 is 15.1 Å². The Labute approximate surface area is 204 Å². The van der Waals surface area contributed by atoms with Crippen molar-refractivity contribution in [2.75, 3.05) is 16.3 Å². The zero-order valence-electron chi connectivity index (χ0n) is 18.6. The Balaban J connectivity index is 1.74. The minimum absolute atomic E-state index is 0.158. The first-order valence-electron chi connectivity index (χ1n) is 10.9. The highest BCUT2D eigenvalue weighted by atomic mass is 32.1. The number of hydrogen-bond acceptors (Lipinski definition) is 6. The van der Waals surface area contributed by atoms with Gasteiger partial charge in [-0.25, -0.2) is 9.37 Å². The smallest absolute Gasteiger partial charge is 0.352 e. The quantitative estimate of drug-likeness (QED) is 0.467. The standard InChI is InChI=1S/C23H21F4N5O2S/c1-2-8-29-19(33)15-5-4-13(10-17(15)24)32-21(35)31(20(34)22(32)6-3-7-22)14-9-16(23(25,26)27)18(11-28)30-12-14/h4-5,9-10,12,21,35H,2-3,6-8H2,1H3,(H,29,33). The Morgan fingerprint density at radius 3 is 2.57 bits per heavy atom. The van der Waals surface area contributed by atoms with Gasteiger partial charge >= 0.3 is 6.18 Å². The summed E-state index contributed by atoms with van der Waals surface area (Å²) in [5, 5.41) is 11.6. The third-order valence-electron chi connectivity index (χ3n) is 6.29. The van der Waals surface area contributed by atoms with E-state index in [9.17, 15) is 27.2 Å². The fourth-order valence-corrected chi connectivity index (χ4v) is 5.02. The molecule has 7 nitrogen and oxygen atoms in total. The predicted molar refractivity (Wildman–Crippen MR) is 122 cm³/mol. The van der Waals surface area contributed by atoms with Gasteiger partial charge in [0.05, 0.1) is 23.0 Å². The molecule has 2 aromatic rings. The fraction of sp³-hybridized carbons (Fsp3) is 0.391. The maximum absolute atomic E-state index is 14.9. The first-order valence-corrected chi connectivity index (χ1v) is 11.4. The Morgan fingerprint density at radius 1 is 1.31 bits per heavy atom. The van der Waals surface area contributed by atoms with Crippen molar-refractivity contribution < 1.29 is 27.2 Å². The number of rotatable bonds is 5. The van der Waals surface area contributed by atoms with Crippen LogP contribution in [0.5, 0.6) is 0 Å². The number of carbonyl (C=O) groups is 2. The van der Waals surface area contributed by atoms with E-state index >= 15 is 0 Å². The zero-order chi connectivity index (χ0) is 25.5. The maximum atomic E-state index is 14.9. The van der Waals surface area contributed by atoms with Gasteiger partial charge in [0.25, 0.3) is 11.8 Å². The van der Waals surface area contributed by atoms with Crippen molar-refractivity contribution in [3.63, 3.8) is 0 Å². The molecule has 2 fully saturated rings. The van der Waals surface area contributed by atoms with Crippen LogP contribution in [0.4, 0.5) is 28.9 Å². The molecule has 1 aromatic carbocycles. The number of pyridine rings is 1. The number of halogens is 4. The largest absolute Gasteiger partial charge is 0.419 e. The number of thiol groups is 1. The van der Waals surface area contributed by atoms with Crippen molar-refractivity contribution in [3.8, 4) is 6.07 Å². The van der Waals surface area contributed by atoms with Crippen LogP contribution in [0.1, 0.15) is 54.2 Å². The van der Waals surface area contributed by atoms with E-state index in [-0.39, 0.29) is 16.9 Å². The summed E-state index contributed by atoms with van der Waals surface area (Å²) >= 11 is 4.52. The molecule has 2 heterocycles. The molecule has 1 N–H and O–H groups in total. The SMILES string of the molecule is CCCNC(=O)c1ccc(N2C(S)N(c3cnc(C#N)c(C(F)(F)F)c3)C(=O)C23CCC3)cc1F. The van der Waals surface area contributed by atoms with E-state index in [0.717, 1.165) is 17.2 Å². The molecule has 1 aliphatic heterocycles. The lowest BCUT2D eigenvalue weighted by molar-refractivity contribution is -0.138. The first-order chi connectivity index (χ1) is 16.5. The predicted octanol–water partition coefficient (Wildman–Crippen LogP) is 4.24. The van der Waals surface area contributed by atoms with Gasteiger partial charge in [-0.05, 0) is 49.9 Å². The van der Waals surface area contributed by atoms with E-state index in [1.807, 2.05) is 6.92 Å². The van der Waals surface area contributed by atoms with Crippen LogP contribution in [-0.2, 0) is 11.0 Å². The summed E-state index contributed by atoms with van der Waals surface area (Å²) in [7, 11) is 0. The highest BCUT2D eigenvalue weighted by Crippen LogP contribution is 2.50. The molecule has 35 heavy (non-hydrogen) atoms. The van der Waals surface area contributed by atoms with Gasteiger partial charge in [0.15, 0.2) is 11.2 Å². The van der Waals surface area contributed by atoms with Crippen LogP contribution in [0, 0.1) is 17.1 Å². The van der Waals surface area contributed by atoms with Crippen molar-refractivity contribution in [2.45, 2.75) is 49.8 Å². The number of alkyl halides is 3. The summed E-state index contributed by atoms with van der Waals surface area (Å²) in [6.45, 7) is 2.25. The zero-order valence-corrected chi connectivity index (χ0v) is 19.5. The van der Waals surface area contributed by atoms with E-state index in [1.54, 1.807) is 4.90 Å². The Hall–Kier alpha value is -3.33. The second-order valence-corrected chi connectivity index (χ2v) is 8.86. The molecule has 1 saturated carbocycles. The number of benzene rings is 1. The minimum atomic E-state index is -4.85. The minimum Gasteiger partial charge on any atom is -0.352 e. The molecule has 12 heteroatoms. The van der Waals surface area contributed by atoms with Crippen LogP contribution in [0.2, 0.25) is 0 Å². The van der Waals surface area contributed by atoms with E-state index in [2.05, 4.69) is 22.9 Å². The van der Waals surface area contributed by atoms with Crippen molar-refractivity contribution in [2.24, 2.45) is 0 Å². The summed E-state index contributed by atoms with van der Waals surface area (Å²) in [5.74, 6) is -1.86. The molecule has 4 rings (SSSR count). The van der Waals surface area contributed by atoms with Crippen LogP contribution in [0.15, 0.2) is 30.5 Å². The van der Waals surface area contributed by atoms with Crippen molar-refractivity contribution in [1.29, 1.82) is 5.26 Å². The van der Waals surface area contributed by atoms with Gasteiger partial charge in [-0.1, -0.05) is 6.92 Å². The lowest BCUT2D eigenvalue weighted by Gasteiger charge is -2.44. The summed E-state index contributed by atoms with van der Waals surface area (Å²) in [6, 6.07) is 6.03. The van der Waals surface area contributed by atoms with Gasteiger partial charge in [0.1, 0.15) is 17.4 Å². The fourth-order valence-electron chi connectivity index (χ4n) is 4.43. The number of aromatic nitrogens is 1. The van der Waals surface area contributed by atoms with E-state index in [1.165, 1.54) is 18.2 Å². The monoisotopic (exact) mass is 507 g/mol. The summed E-state index contributed by atoms with van der Waals surface area (Å²) in [6.07, 6.45) is -1.66. The number of hydrogen-bond donors (Lipinski definition) is 2. The number of carbonyl (C=O) groups excluding carboxylic acids is 2. The molecule has 1 unspecified atom stereocenters. The third kappa shape index (κ3) is 4.07. The van der Waals surface area contributed by atoms with Gasteiger partial charge in [-0.3, -0.25) is 14.5 Å². The third-order valence-corrected chi connectivity index (χ3v) is 6.76. The molecule has 1 aliphatic carbocycles. The number of nitrogens with one attached hydrogen (secondary N) is 1. The molecule has 1 spiro atoms. The molecular formula is C23H21F4N5O2S. The maximum Gasteiger partial charge on any atom is 0.419 e. The molecular weight excluding hydrogens is 486 g/mol. The van der Waals surface area contributed by atoms with Crippen LogP contribution in [0.25, 0.3) is 0 Å². The summed E-state index contributed by atoms with van der Waals surface area (Å²) < 4.78 is 55.4. The van der Waals surface area contributed by atoms with Crippen LogP contribution >= 0.6 is 12.6 Å². The molecule has 2 amide bonds. The van der Waals surface area contributed by atoms with Gasteiger partial charge in [-0.2, -0.15) is 18.4 Å². The second-order valence-electron chi connectivity index (χ2n) is 8.40. The van der Waals surface area contributed by atoms with Crippen molar-refractivity contribution in [1.82, 2.24) is 10.3 Å². The van der Waals surface area contributed by atoms with Gasteiger partial charge in [-0.15, -0.1) is 12.6 Å². The molecule has 184 valence electrons. The average molecular weight is 508 g/mol. The van der Waals surface area contributed by atoms with Crippen molar-refractivity contribution in [3.05, 3.63) is 53.1 Å². The lowest BCUT2D eigenvalue weighted by atomic mass is 9.75. The number of amides is 2. The molecule has 1 aromatic heterocycles. The summed E-state index contributed by atoms with van der Waals surface area (Å²) in [5.41, 5.74) is -4.32. The highest BCUT2D eigenvalue weighted by Gasteiger charge is 2.60. The number of anilines is 2. The Kier molecular flexibility index (Phi) is 6.40. The van der Waals surface area contributed by atoms with Gasteiger partial charge in [0.2, 0.25) is 0 Å². The van der Waals surface area contributed by atoms with E-state index in [4.69, 9.17) is 5.26 Å². The average Bonchev–Trinajstić information content (AvgIpc) is 3.03. The normalized spacial score (nSPS) is 19.0. The van der Waals surface area contributed by atoms with Crippen molar-refractivity contribution >= 4 is 35.8 Å². The molecule has 1 atom stereocenters. The topological polar surface area (TPSA) is 89.3 Å². The van der Waals surface area contributed by atoms with Gasteiger partial charge in [0, 0.05) is 12.2 Å². The summed E-state index contributed by atoms with van der Waals surface area (Å²) in [4.78, 5) is 31.9. The first kappa shape index (κ1) is 24.8. The lowest BCUT2D eigenvalue weighted by Crippen LogP contribution is -2.55. The van der Waals surface area contributed by atoms with Crippen LogP contribution in [0.3, 0.4) is 0 Å². The Bertz CT molecular complexity index is 1230. The molecule has 0 radical (unpaired) electrons. The molecule has 0 bridgehead atoms. The second kappa shape index (κ2) is 9.03.